The van der Waals surface area contributed by atoms with Crippen molar-refractivity contribution in [3.05, 3.63) is 0 Å². The minimum absolute atomic E-state index is 1.03. The number of hydrogen-bond acceptors (Lipinski definition) is 2. The molecule has 1 aliphatic heterocycles. The number of halogens is 5. The number of hydrogen-bond donors (Lipinski definition) is 0. The Hall–Kier alpha value is -0.430. The molecule has 0 bridgehead atoms. The van der Waals surface area contributed by atoms with Gasteiger partial charge >= 0.3 is 12.0 Å². The summed E-state index contributed by atoms with van der Waals surface area (Å²) in [5.41, 5.74) is 0. The Balaban J connectivity index is 2.81. The molecule has 2 nitrogen and oxygen atoms in total. The Morgan fingerprint density at radius 3 is 2.09 bits per heavy atom. The van der Waals surface area contributed by atoms with Crippen LogP contribution in [0, 0.1) is 0 Å². The molecule has 1 saturated heterocycles. The molecule has 2 unspecified atom stereocenters. The molecule has 0 saturated carbocycles. The predicted octanol–water partition coefficient (Wildman–Crippen LogP) is 1.51. The average molecular weight is 178 g/mol. The zero-order valence-corrected chi connectivity index (χ0v) is 4.99. The largest absolute Gasteiger partial charge is 0.454 e. The van der Waals surface area contributed by atoms with Gasteiger partial charge in [-0.1, -0.05) is 0 Å². The van der Waals surface area contributed by atoms with Crippen molar-refractivity contribution in [3.8, 4) is 0 Å². The van der Waals surface area contributed by atoms with Crippen LogP contribution in [0.1, 0.15) is 0 Å². The van der Waals surface area contributed by atoms with Gasteiger partial charge in [-0.25, -0.2) is 4.39 Å². The van der Waals surface area contributed by atoms with Crippen LogP contribution >= 0.6 is 0 Å². The monoisotopic (exact) mass is 178 g/mol. The molecule has 1 heterocycles. The Bertz CT molecular complexity index is 157. The van der Waals surface area contributed by atoms with E-state index in [1.54, 1.807) is 0 Å². The Labute approximate surface area is 57.9 Å². The fraction of sp³-hybridized carbons (Fsp3) is 1.00. The van der Waals surface area contributed by atoms with Gasteiger partial charge in [0, 0.05) is 0 Å². The van der Waals surface area contributed by atoms with Crippen LogP contribution in [0.3, 0.4) is 0 Å². The number of ether oxygens (including phenoxy) is 2. The highest BCUT2D eigenvalue weighted by molar-refractivity contribution is 4.83. The van der Waals surface area contributed by atoms with Gasteiger partial charge in [0.2, 0.25) is 0 Å². The van der Waals surface area contributed by atoms with Gasteiger partial charge in [0.05, 0.1) is 0 Å². The second-order valence-corrected chi connectivity index (χ2v) is 1.89. The fourth-order valence-corrected chi connectivity index (χ4v) is 0.563. The van der Waals surface area contributed by atoms with Crippen molar-refractivity contribution in [2.24, 2.45) is 0 Å². The van der Waals surface area contributed by atoms with Gasteiger partial charge < -0.3 is 9.47 Å². The maximum atomic E-state index is 12.4. The minimum Gasteiger partial charge on any atom is -0.316 e. The van der Waals surface area contributed by atoms with Crippen LogP contribution in [0.15, 0.2) is 0 Å². The van der Waals surface area contributed by atoms with E-state index in [0.717, 1.165) is 0 Å². The third-order valence-electron chi connectivity index (χ3n) is 1.16. The fourth-order valence-electron chi connectivity index (χ4n) is 0.563. The van der Waals surface area contributed by atoms with Gasteiger partial charge in [-0.3, -0.25) is 0 Å². The molecule has 1 fully saturated rings. The van der Waals surface area contributed by atoms with Gasteiger partial charge in [-0.05, 0) is 0 Å². The summed E-state index contributed by atoms with van der Waals surface area (Å²) in [6.07, 6.45) is -8.49. The van der Waals surface area contributed by atoms with Crippen LogP contribution in [0.5, 0.6) is 0 Å². The molecule has 0 amide bonds. The van der Waals surface area contributed by atoms with Gasteiger partial charge in [-0.2, -0.15) is 17.6 Å². The molecule has 1 rings (SSSR count). The van der Waals surface area contributed by atoms with Crippen LogP contribution < -0.4 is 0 Å². The molecular weight excluding hydrogens is 175 g/mol. The summed E-state index contributed by atoms with van der Waals surface area (Å²) in [4.78, 5) is 0. The lowest BCUT2D eigenvalue weighted by Crippen LogP contribution is -2.47. The SMILES string of the molecule is FC1OCOC1(F)C(F)(F)F. The predicted molar refractivity (Wildman–Crippen MR) is 21.8 cm³/mol. The summed E-state index contributed by atoms with van der Waals surface area (Å²) >= 11 is 0. The number of rotatable bonds is 0. The van der Waals surface area contributed by atoms with E-state index >= 15 is 0 Å². The summed E-state index contributed by atoms with van der Waals surface area (Å²) in [6, 6.07) is 0. The molecule has 0 aliphatic carbocycles. The van der Waals surface area contributed by atoms with Crippen molar-refractivity contribution in [2.75, 3.05) is 6.79 Å². The van der Waals surface area contributed by atoms with Crippen molar-refractivity contribution in [1.82, 2.24) is 0 Å². The van der Waals surface area contributed by atoms with E-state index < -0.39 is 25.2 Å². The molecule has 1 aliphatic rings. The third kappa shape index (κ3) is 1.18. The van der Waals surface area contributed by atoms with E-state index in [1.165, 1.54) is 0 Å². The van der Waals surface area contributed by atoms with Crippen LogP contribution in [0.2, 0.25) is 0 Å². The topological polar surface area (TPSA) is 18.5 Å². The summed E-state index contributed by atoms with van der Waals surface area (Å²) in [7, 11) is 0. The maximum absolute atomic E-state index is 12.4. The van der Waals surface area contributed by atoms with E-state index in [-0.39, 0.29) is 0 Å². The lowest BCUT2D eigenvalue weighted by Gasteiger charge is -2.21. The lowest BCUT2D eigenvalue weighted by atomic mass is 10.3. The van der Waals surface area contributed by atoms with Gasteiger partial charge in [0.1, 0.15) is 0 Å². The smallest absolute Gasteiger partial charge is 0.316 e. The van der Waals surface area contributed by atoms with E-state index in [4.69, 9.17) is 0 Å². The highest BCUT2D eigenvalue weighted by Gasteiger charge is 2.67. The van der Waals surface area contributed by atoms with Crippen molar-refractivity contribution in [2.45, 2.75) is 18.4 Å². The minimum atomic E-state index is -5.40. The maximum Gasteiger partial charge on any atom is 0.454 e. The first-order valence-electron chi connectivity index (χ1n) is 2.53. The van der Waals surface area contributed by atoms with Gasteiger partial charge in [0.15, 0.2) is 6.79 Å². The first kappa shape index (κ1) is 8.66. The molecule has 11 heavy (non-hydrogen) atoms. The molecule has 66 valence electrons. The van der Waals surface area contributed by atoms with Crippen LogP contribution in [-0.4, -0.2) is 25.2 Å². The van der Waals surface area contributed by atoms with E-state index in [0.29, 0.717) is 0 Å². The molecule has 7 heteroatoms. The van der Waals surface area contributed by atoms with E-state index in [1.807, 2.05) is 0 Å². The molecule has 0 radical (unpaired) electrons. The zero-order chi connectivity index (χ0) is 8.70. The highest BCUT2D eigenvalue weighted by atomic mass is 19.4. The van der Waals surface area contributed by atoms with Crippen molar-refractivity contribution >= 4 is 0 Å². The molecule has 0 aromatic rings. The second-order valence-electron chi connectivity index (χ2n) is 1.89. The summed E-state index contributed by atoms with van der Waals surface area (Å²) < 4.78 is 66.2. The Morgan fingerprint density at radius 1 is 1.36 bits per heavy atom. The normalized spacial score (nSPS) is 39.5. The average Bonchev–Trinajstić information content (AvgIpc) is 2.12. The summed E-state index contributed by atoms with van der Waals surface area (Å²) in [5.74, 6) is -4.30. The summed E-state index contributed by atoms with van der Waals surface area (Å²) in [6.45, 7) is -1.03. The highest BCUT2D eigenvalue weighted by Crippen LogP contribution is 2.42. The number of alkyl halides is 5. The van der Waals surface area contributed by atoms with Crippen LogP contribution in [-0.2, 0) is 9.47 Å². The molecule has 0 aromatic heterocycles. The molecule has 0 spiro atoms. The first-order valence-corrected chi connectivity index (χ1v) is 2.53. The standard InChI is InChI=1S/C4H3F5O2/c5-2-3(6,4(7,8)9)11-1-10-2/h2H,1H2. The van der Waals surface area contributed by atoms with E-state index in [2.05, 4.69) is 9.47 Å². The third-order valence-corrected chi connectivity index (χ3v) is 1.16. The molecular formula is C4H3F5O2. The van der Waals surface area contributed by atoms with Crippen molar-refractivity contribution in [3.63, 3.8) is 0 Å². The first-order chi connectivity index (χ1) is 4.88. The molecule has 2 atom stereocenters. The van der Waals surface area contributed by atoms with Crippen molar-refractivity contribution in [1.29, 1.82) is 0 Å². The van der Waals surface area contributed by atoms with Crippen LogP contribution in [0.25, 0.3) is 0 Å². The Kier molecular flexibility index (Phi) is 1.79. The quantitative estimate of drug-likeness (QED) is 0.523. The lowest BCUT2D eigenvalue weighted by molar-refractivity contribution is -0.334. The molecule has 0 N–H and O–H groups in total. The van der Waals surface area contributed by atoms with Crippen LogP contribution in [0.4, 0.5) is 22.0 Å². The zero-order valence-electron chi connectivity index (χ0n) is 4.99. The van der Waals surface area contributed by atoms with Gasteiger partial charge in [0.25, 0.3) is 6.36 Å². The summed E-state index contributed by atoms with van der Waals surface area (Å²) in [5, 5.41) is 0. The van der Waals surface area contributed by atoms with Crippen molar-refractivity contribution < 1.29 is 31.4 Å². The van der Waals surface area contributed by atoms with E-state index in [9.17, 15) is 22.0 Å². The Morgan fingerprint density at radius 2 is 1.91 bits per heavy atom. The second kappa shape index (κ2) is 2.28. The molecule has 0 aromatic carbocycles. The van der Waals surface area contributed by atoms with Gasteiger partial charge in [-0.15, -0.1) is 0 Å².